The highest BCUT2D eigenvalue weighted by atomic mass is 79.9. The molecule has 1 unspecified atom stereocenters. The zero-order chi connectivity index (χ0) is 30.6. The molecule has 0 spiro atoms. The van der Waals surface area contributed by atoms with Crippen molar-refractivity contribution in [1.29, 1.82) is 0 Å². The number of nitrogens with zero attached hydrogens (tertiary/aromatic N) is 2. The van der Waals surface area contributed by atoms with Crippen LogP contribution in [0.1, 0.15) is 59.3 Å². The number of rotatable bonds is 15. The number of hydrogen-bond donors (Lipinski definition) is 1. The summed E-state index contributed by atoms with van der Waals surface area (Å²) >= 11 is 5.36. The molecular formula is C36H49BrN2O3S. The third-order valence-electron chi connectivity index (χ3n) is 8.22. The van der Waals surface area contributed by atoms with Crippen molar-refractivity contribution < 1.29 is 14.6 Å². The second kappa shape index (κ2) is 17.4. The van der Waals surface area contributed by atoms with E-state index < -0.39 is 0 Å². The molecule has 7 heteroatoms. The molecule has 0 amide bonds. The van der Waals surface area contributed by atoms with Gasteiger partial charge >= 0.3 is 0 Å². The molecule has 3 atom stereocenters. The number of carbonyl (C=O) groups is 1. The minimum atomic E-state index is -0.0187. The van der Waals surface area contributed by atoms with Gasteiger partial charge in [-0.25, -0.2) is 0 Å². The molecule has 3 aliphatic heterocycles. The summed E-state index contributed by atoms with van der Waals surface area (Å²) < 4.78 is 6.19. The normalized spacial score (nSPS) is 23.7. The zero-order valence-electron chi connectivity index (χ0n) is 26.1. The summed E-state index contributed by atoms with van der Waals surface area (Å²) in [5, 5.41) is 10.2. The third-order valence-corrected chi connectivity index (χ3v) is 9.98. The molecule has 2 fully saturated rings. The van der Waals surface area contributed by atoms with Crippen molar-refractivity contribution in [2.75, 3.05) is 45.9 Å². The van der Waals surface area contributed by atoms with Gasteiger partial charge in [0.25, 0.3) is 0 Å². The molecule has 0 saturated carbocycles. The van der Waals surface area contributed by atoms with E-state index in [1.807, 2.05) is 31.2 Å². The summed E-state index contributed by atoms with van der Waals surface area (Å²) in [4.78, 5) is 20.4. The number of alkyl halides is 1. The largest absolute Gasteiger partial charge is 0.508 e. The van der Waals surface area contributed by atoms with Crippen LogP contribution in [-0.2, 0) is 9.53 Å². The van der Waals surface area contributed by atoms with E-state index >= 15 is 0 Å². The molecule has 0 aromatic rings. The molecule has 234 valence electrons. The molecule has 0 bridgehead atoms. The van der Waals surface area contributed by atoms with Crippen molar-refractivity contribution >= 4 is 33.5 Å². The highest BCUT2D eigenvalue weighted by Gasteiger charge is 2.35. The maximum Gasteiger partial charge on any atom is 0.193 e. The number of likely N-dealkylation sites (tertiary alicyclic amines) is 2. The minimum absolute atomic E-state index is 0.0187. The van der Waals surface area contributed by atoms with Crippen LogP contribution in [0.5, 0.6) is 0 Å². The summed E-state index contributed by atoms with van der Waals surface area (Å²) in [6.45, 7) is 13.7. The molecule has 5 nitrogen and oxygen atoms in total. The van der Waals surface area contributed by atoms with Gasteiger partial charge in [0.2, 0.25) is 0 Å². The van der Waals surface area contributed by atoms with Crippen LogP contribution in [0.2, 0.25) is 0 Å². The Labute approximate surface area is 272 Å². The maximum absolute atomic E-state index is 14.4. The van der Waals surface area contributed by atoms with E-state index in [9.17, 15) is 9.90 Å². The molecule has 4 rings (SSSR count). The standard InChI is InChI=1S/C36H49BrN2O3S/c1-4-11-31(42-25-24-39-22-9-10-23-39)16-13-27(2)36-34(32-17-14-30(40)15-18-33(32)43-36)35(41)29(26-28(3)37)12-5-6-19-38-20-7-8-21-38/h5,11-18,26-28,33,40H,4,6-10,19-25H2,1-3H3/b12-5-,16-13-,29-26+,31-11+/t27-,28-,33?/m0/s1. The number of Topliss-reactive ketones (excluding diaryl/α,β-unsaturated/α-hetero) is 1. The summed E-state index contributed by atoms with van der Waals surface area (Å²) in [6, 6.07) is 0. The monoisotopic (exact) mass is 668 g/mol. The Bertz CT molecular complexity index is 1210. The first-order valence-electron chi connectivity index (χ1n) is 16.1. The van der Waals surface area contributed by atoms with E-state index in [1.165, 1.54) is 51.9 Å². The number of thioether (sulfide) groups is 1. The van der Waals surface area contributed by atoms with Crippen LogP contribution in [0.3, 0.4) is 0 Å². The summed E-state index contributed by atoms with van der Waals surface area (Å²) in [6.07, 6.45) is 26.8. The van der Waals surface area contributed by atoms with Gasteiger partial charge in [-0.1, -0.05) is 66.2 Å². The number of ketones is 1. The van der Waals surface area contributed by atoms with E-state index in [0.717, 1.165) is 47.7 Å². The number of halogens is 1. The fraction of sp³-hybridized carbons (Fsp3) is 0.528. The second-order valence-electron chi connectivity index (χ2n) is 11.8. The van der Waals surface area contributed by atoms with Crippen molar-refractivity contribution in [3.05, 3.63) is 93.9 Å². The minimum Gasteiger partial charge on any atom is -0.508 e. The predicted molar refractivity (Wildman–Crippen MR) is 186 cm³/mol. The van der Waals surface area contributed by atoms with Crippen molar-refractivity contribution in [2.45, 2.75) is 69.4 Å². The number of fused-ring (bicyclic) bond motifs is 1. The van der Waals surface area contributed by atoms with Gasteiger partial charge in [0.1, 0.15) is 18.1 Å². The number of aliphatic hydroxyl groups excluding tert-OH is 1. The smallest absolute Gasteiger partial charge is 0.193 e. The number of allylic oxidation sites excluding steroid dienone is 11. The topological polar surface area (TPSA) is 53.0 Å². The third kappa shape index (κ3) is 10.2. The van der Waals surface area contributed by atoms with Crippen molar-refractivity contribution in [3.63, 3.8) is 0 Å². The van der Waals surface area contributed by atoms with Crippen LogP contribution in [0.4, 0.5) is 0 Å². The quantitative estimate of drug-likeness (QED) is 0.0821. The van der Waals surface area contributed by atoms with Gasteiger partial charge in [-0.3, -0.25) is 9.69 Å². The van der Waals surface area contributed by atoms with E-state index in [-0.39, 0.29) is 27.5 Å². The molecule has 1 aliphatic carbocycles. The van der Waals surface area contributed by atoms with Crippen LogP contribution in [0.15, 0.2) is 93.9 Å². The Morgan fingerprint density at radius 3 is 2.47 bits per heavy atom. The number of hydrogen-bond acceptors (Lipinski definition) is 6. The lowest BCUT2D eigenvalue weighted by molar-refractivity contribution is -0.111. The molecule has 4 aliphatic rings. The fourth-order valence-corrected chi connectivity index (χ4v) is 7.59. The van der Waals surface area contributed by atoms with Crippen LogP contribution in [0.25, 0.3) is 0 Å². The molecule has 0 radical (unpaired) electrons. The van der Waals surface area contributed by atoms with Gasteiger partial charge in [0, 0.05) is 39.9 Å². The number of aliphatic hydroxyl groups is 1. The first kappa shape index (κ1) is 33.8. The van der Waals surface area contributed by atoms with Gasteiger partial charge in [0.15, 0.2) is 5.78 Å². The Balaban J connectivity index is 1.56. The number of carbonyl (C=O) groups excluding carboxylic acids is 1. The first-order valence-corrected chi connectivity index (χ1v) is 17.9. The fourth-order valence-electron chi connectivity index (χ4n) is 5.93. The lowest BCUT2D eigenvalue weighted by Gasteiger charge is -2.16. The molecule has 43 heavy (non-hydrogen) atoms. The van der Waals surface area contributed by atoms with Gasteiger partial charge in [-0.05, 0) is 102 Å². The zero-order valence-corrected chi connectivity index (χ0v) is 28.5. The van der Waals surface area contributed by atoms with Gasteiger partial charge in [-0.15, -0.1) is 11.8 Å². The van der Waals surface area contributed by atoms with Crippen LogP contribution in [0, 0.1) is 5.92 Å². The lowest BCUT2D eigenvalue weighted by atomic mass is 9.90. The second-order valence-corrected chi connectivity index (χ2v) is 14.4. The molecule has 0 aromatic heterocycles. The van der Waals surface area contributed by atoms with E-state index in [0.29, 0.717) is 12.2 Å². The molecule has 1 N–H and O–H groups in total. The number of ether oxygens (including phenoxy) is 1. The average molecular weight is 670 g/mol. The Morgan fingerprint density at radius 2 is 1.79 bits per heavy atom. The molecule has 0 aromatic carbocycles. The first-order chi connectivity index (χ1) is 20.9. The Hall–Kier alpha value is -2.06. The predicted octanol–water partition coefficient (Wildman–Crippen LogP) is 8.21. The van der Waals surface area contributed by atoms with E-state index in [4.69, 9.17) is 4.74 Å². The SMILES string of the molecule is CC/C=C(\C=C/[C@H](C)C1=C(C(=O)C(/C=C\CCN2CCCC2)=C/[C@H](C)Br)C2=CC=C(O)C=CC2S1)OCCN1CCCC1. The van der Waals surface area contributed by atoms with E-state index in [2.05, 4.69) is 63.9 Å². The lowest BCUT2D eigenvalue weighted by Crippen LogP contribution is -2.23. The summed E-state index contributed by atoms with van der Waals surface area (Å²) in [5.41, 5.74) is 2.41. The highest BCUT2D eigenvalue weighted by molar-refractivity contribution is 9.09. The summed E-state index contributed by atoms with van der Waals surface area (Å²) in [7, 11) is 0. The van der Waals surface area contributed by atoms with Crippen molar-refractivity contribution in [3.8, 4) is 0 Å². The van der Waals surface area contributed by atoms with Crippen LogP contribution < -0.4 is 0 Å². The van der Waals surface area contributed by atoms with Gasteiger partial charge < -0.3 is 14.7 Å². The van der Waals surface area contributed by atoms with Gasteiger partial charge in [-0.2, -0.15) is 0 Å². The maximum atomic E-state index is 14.4. The molecule has 2 saturated heterocycles. The molecular weight excluding hydrogens is 620 g/mol. The van der Waals surface area contributed by atoms with Crippen LogP contribution >= 0.6 is 27.7 Å². The van der Waals surface area contributed by atoms with Crippen LogP contribution in [-0.4, -0.2) is 76.6 Å². The van der Waals surface area contributed by atoms with Gasteiger partial charge in [0.05, 0.1) is 5.25 Å². The van der Waals surface area contributed by atoms with Crippen molar-refractivity contribution in [2.24, 2.45) is 5.92 Å². The molecule has 3 heterocycles. The Morgan fingerprint density at radius 1 is 1.09 bits per heavy atom. The highest BCUT2D eigenvalue weighted by Crippen LogP contribution is 2.48. The Kier molecular flexibility index (Phi) is 13.7. The van der Waals surface area contributed by atoms with Crippen molar-refractivity contribution in [1.82, 2.24) is 9.80 Å². The van der Waals surface area contributed by atoms with E-state index in [1.54, 1.807) is 23.9 Å². The summed E-state index contributed by atoms with van der Waals surface area (Å²) in [5.74, 6) is 1.15. The average Bonchev–Trinajstić information content (AvgIpc) is 3.75.